The lowest BCUT2D eigenvalue weighted by Crippen LogP contribution is -2.48. The van der Waals surface area contributed by atoms with Crippen LogP contribution in [-0.2, 0) is 9.59 Å². The Balaban J connectivity index is 1.67. The van der Waals surface area contributed by atoms with Crippen molar-refractivity contribution >= 4 is 17.8 Å². The first-order chi connectivity index (χ1) is 11.4. The van der Waals surface area contributed by atoms with Gasteiger partial charge in [0.25, 0.3) is 5.91 Å². The van der Waals surface area contributed by atoms with Gasteiger partial charge in [-0.1, -0.05) is 24.3 Å². The standard InChI is InChI=1S/C17H18N2O5/c1-8-3-2-4-11(14(8)20)15(21)18-19-16(22)12-9-5-6-10(7-9)13(12)17(23)24/h2-6,9-10,12-13,20H,7H2,1H3,(H,18,21)(H,19,22)(H,23,24)/t9-,10+,12-,13+/m1/s1. The van der Waals surface area contributed by atoms with Gasteiger partial charge in [0.2, 0.25) is 5.91 Å². The molecule has 1 aromatic carbocycles. The van der Waals surface area contributed by atoms with Crippen molar-refractivity contribution in [1.29, 1.82) is 0 Å². The number of aliphatic carboxylic acids is 1. The Morgan fingerprint density at radius 1 is 1.08 bits per heavy atom. The zero-order valence-electron chi connectivity index (χ0n) is 13.0. The van der Waals surface area contributed by atoms with Gasteiger partial charge in [-0.05, 0) is 36.8 Å². The van der Waals surface area contributed by atoms with Crippen molar-refractivity contribution in [2.75, 3.05) is 0 Å². The van der Waals surface area contributed by atoms with E-state index >= 15 is 0 Å². The lowest BCUT2D eigenvalue weighted by atomic mass is 9.82. The summed E-state index contributed by atoms with van der Waals surface area (Å²) in [6.07, 6.45) is 4.35. The molecule has 0 radical (unpaired) electrons. The number of phenolic OH excluding ortho intramolecular Hbond substituents is 1. The molecule has 0 saturated heterocycles. The smallest absolute Gasteiger partial charge is 0.307 e. The third kappa shape index (κ3) is 2.62. The number of hydrazine groups is 1. The lowest BCUT2D eigenvalue weighted by Gasteiger charge is -2.23. The van der Waals surface area contributed by atoms with Gasteiger partial charge in [0.15, 0.2) is 0 Å². The Morgan fingerprint density at radius 3 is 2.42 bits per heavy atom. The van der Waals surface area contributed by atoms with E-state index < -0.39 is 29.6 Å². The number of aryl methyl sites for hydroxylation is 1. The Kier molecular flexibility index (Phi) is 4.01. The zero-order chi connectivity index (χ0) is 17.4. The first-order valence-electron chi connectivity index (χ1n) is 7.70. The number of phenols is 1. The molecule has 4 N–H and O–H groups in total. The summed E-state index contributed by atoms with van der Waals surface area (Å²) in [7, 11) is 0. The van der Waals surface area contributed by atoms with Crippen LogP contribution in [0.25, 0.3) is 0 Å². The summed E-state index contributed by atoms with van der Waals surface area (Å²) in [6, 6.07) is 4.71. The molecule has 0 unspecified atom stereocenters. The molecule has 126 valence electrons. The number of aromatic hydroxyl groups is 1. The number of carboxylic acids is 1. The van der Waals surface area contributed by atoms with Crippen molar-refractivity contribution in [2.45, 2.75) is 13.3 Å². The molecule has 2 bridgehead atoms. The number of para-hydroxylation sites is 1. The van der Waals surface area contributed by atoms with Crippen LogP contribution in [0.5, 0.6) is 5.75 Å². The van der Waals surface area contributed by atoms with E-state index in [9.17, 15) is 24.6 Å². The zero-order valence-corrected chi connectivity index (χ0v) is 13.0. The molecule has 0 spiro atoms. The topological polar surface area (TPSA) is 116 Å². The van der Waals surface area contributed by atoms with Crippen LogP contribution < -0.4 is 10.9 Å². The van der Waals surface area contributed by atoms with Gasteiger partial charge in [0.1, 0.15) is 5.75 Å². The number of carbonyl (C=O) groups is 3. The third-order valence-corrected chi connectivity index (χ3v) is 4.83. The highest BCUT2D eigenvalue weighted by atomic mass is 16.4. The van der Waals surface area contributed by atoms with Gasteiger partial charge in [-0.3, -0.25) is 25.2 Å². The Hall–Kier alpha value is -2.83. The van der Waals surface area contributed by atoms with Gasteiger partial charge in [-0.25, -0.2) is 0 Å². The molecule has 0 aromatic heterocycles. The number of carboxylic acid groups (broad SMARTS) is 1. The highest BCUT2D eigenvalue weighted by Crippen LogP contribution is 2.48. The Morgan fingerprint density at radius 2 is 1.75 bits per heavy atom. The second kappa shape index (κ2) is 5.99. The average Bonchev–Trinajstić information content (AvgIpc) is 3.15. The Labute approximate surface area is 138 Å². The second-order valence-electron chi connectivity index (χ2n) is 6.25. The molecule has 0 heterocycles. The van der Waals surface area contributed by atoms with E-state index in [0.29, 0.717) is 12.0 Å². The van der Waals surface area contributed by atoms with Crippen molar-refractivity contribution in [1.82, 2.24) is 10.9 Å². The van der Waals surface area contributed by atoms with Crippen LogP contribution in [0.15, 0.2) is 30.4 Å². The van der Waals surface area contributed by atoms with E-state index in [1.54, 1.807) is 19.1 Å². The lowest BCUT2D eigenvalue weighted by molar-refractivity contribution is -0.148. The van der Waals surface area contributed by atoms with Crippen LogP contribution in [0.3, 0.4) is 0 Å². The number of amides is 2. The number of fused-ring (bicyclic) bond motifs is 2. The Bertz CT molecular complexity index is 742. The first-order valence-corrected chi connectivity index (χ1v) is 7.70. The quantitative estimate of drug-likeness (QED) is 0.487. The molecule has 1 saturated carbocycles. The summed E-state index contributed by atoms with van der Waals surface area (Å²) in [4.78, 5) is 35.9. The third-order valence-electron chi connectivity index (χ3n) is 4.83. The van der Waals surface area contributed by atoms with Gasteiger partial charge < -0.3 is 10.2 Å². The number of nitrogens with one attached hydrogen (secondary N) is 2. The van der Waals surface area contributed by atoms with Crippen molar-refractivity contribution in [3.05, 3.63) is 41.5 Å². The van der Waals surface area contributed by atoms with Crippen molar-refractivity contribution in [3.63, 3.8) is 0 Å². The van der Waals surface area contributed by atoms with Gasteiger partial charge in [0, 0.05) is 0 Å². The fourth-order valence-corrected chi connectivity index (χ4v) is 3.63. The number of hydrogen-bond acceptors (Lipinski definition) is 4. The molecule has 4 atom stereocenters. The predicted octanol–water partition coefficient (Wildman–Crippen LogP) is 0.985. The summed E-state index contributed by atoms with van der Waals surface area (Å²) in [5.41, 5.74) is 5.12. The molecule has 1 fully saturated rings. The molecule has 24 heavy (non-hydrogen) atoms. The minimum Gasteiger partial charge on any atom is -0.507 e. The molecule has 2 amide bonds. The molecule has 2 aliphatic rings. The van der Waals surface area contributed by atoms with Crippen LogP contribution in [0.2, 0.25) is 0 Å². The maximum absolute atomic E-state index is 12.4. The SMILES string of the molecule is Cc1cccc(C(=O)NNC(=O)[C@H]2[C@@H](C(=O)O)[C@H]3C=C[C@@H]2C3)c1O. The normalized spacial score (nSPS) is 27.0. The summed E-state index contributed by atoms with van der Waals surface area (Å²) in [5, 5.41) is 19.2. The van der Waals surface area contributed by atoms with Crippen LogP contribution in [0, 0.1) is 30.6 Å². The predicted molar refractivity (Wildman–Crippen MR) is 83.8 cm³/mol. The highest BCUT2D eigenvalue weighted by Gasteiger charge is 2.51. The van der Waals surface area contributed by atoms with Gasteiger partial charge in [0.05, 0.1) is 17.4 Å². The highest BCUT2D eigenvalue weighted by molar-refractivity contribution is 5.98. The van der Waals surface area contributed by atoms with Crippen molar-refractivity contribution in [3.8, 4) is 5.75 Å². The number of rotatable bonds is 3. The van der Waals surface area contributed by atoms with E-state index in [4.69, 9.17) is 0 Å². The minimum atomic E-state index is -1.00. The minimum absolute atomic E-state index is 0.0397. The molecular weight excluding hydrogens is 312 g/mol. The van der Waals surface area contributed by atoms with Gasteiger partial charge in [-0.2, -0.15) is 0 Å². The largest absolute Gasteiger partial charge is 0.507 e. The van der Waals surface area contributed by atoms with Crippen LogP contribution in [0.1, 0.15) is 22.3 Å². The van der Waals surface area contributed by atoms with Crippen LogP contribution >= 0.6 is 0 Å². The van der Waals surface area contributed by atoms with E-state index in [2.05, 4.69) is 10.9 Å². The van der Waals surface area contributed by atoms with Crippen LogP contribution in [0.4, 0.5) is 0 Å². The van der Waals surface area contributed by atoms with E-state index in [-0.39, 0.29) is 23.1 Å². The monoisotopic (exact) mass is 330 g/mol. The molecule has 1 aromatic rings. The molecule has 7 nitrogen and oxygen atoms in total. The molecule has 3 rings (SSSR count). The van der Waals surface area contributed by atoms with Crippen molar-refractivity contribution < 1.29 is 24.6 Å². The fourth-order valence-electron chi connectivity index (χ4n) is 3.63. The maximum atomic E-state index is 12.4. The summed E-state index contributed by atoms with van der Waals surface area (Å²) in [6.45, 7) is 1.66. The first kappa shape index (κ1) is 16.0. The van der Waals surface area contributed by atoms with Crippen molar-refractivity contribution in [2.24, 2.45) is 23.7 Å². The summed E-state index contributed by atoms with van der Waals surface area (Å²) >= 11 is 0. The molecule has 2 aliphatic carbocycles. The van der Waals surface area contributed by atoms with Gasteiger partial charge in [-0.15, -0.1) is 0 Å². The average molecular weight is 330 g/mol. The van der Waals surface area contributed by atoms with Gasteiger partial charge >= 0.3 is 5.97 Å². The van der Waals surface area contributed by atoms with E-state index in [1.165, 1.54) is 6.07 Å². The maximum Gasteiger partial charge on any atom is 0.307 e. The van der Waals surface area contributed by atoms with E-state index in [0.717, 1.165) is 0 Å². The molecule has 0 aliphatic heterocycles. The fraction of sp³-hybridized carbons (Fsp3) is 0.353. The number of benzene rings is 1. The summed E-state index contributed by atoms with van der Waals surface area (Å²) < 4.78 is 0. The van der Waals surface area contributed by atoms with Crippen LogP contribution in [-0.4, -0.2) is 28.0 Å². The molecule has 7 heteroatoms. The van der Waals surface area contributed by atoms with E-state index in [1.807, 2.05) is 12.2 Å². The number of allylic oxidation sites excluding steroid dienone is 2. The number of hydrogen-bond donors (Lipinski definition) is 4. The molecular formula is C17H18N2O5. The summed E-state index contributed by atoms with van der Waals surface area (Å²) in [5.74, 6) is -4.09. The second-order valence-corrected chi connectivity index (χ2v) is 6.25. The number of carbonyl (C=O) groups excluding carboxylic acids is 2.